The van der Waals surface area contributed by atoms with E-state index in [1.807, 2.05) is 18.2 Å². The van der Waals surface area contributed by atoms with Crippen LogP contribution < -0.4 is 5.32 Å². The van der Waals surface area contributed by atoms with Crippen LogP contribution in [-0.4, -0.2) is 24.2 Å². The third-order valence-corrected chi connectivity index (χ3v) is 4.03. The van der Waals surface area contributed by atoms with Crippen molar-refractivity contribution in [2.75, 3.05) is 18.5 Å². The zero-order valence-corrected chi connectivity index (χ0v) is 12.7. The minimum atomic E-state index is 0.358. The first-order valence-corrected chi connectivity index (χ1v) is 7.49. The number of rotatable bonds is 2. The quantitative estimate of drug-likeness (QED) is 0.887. The van der Waals surface area contributed by atoms with Gasteiger partial charge in [0.15, 0.2) is 0 Å². The third-order valence-electron chi connectivity index (χ3n) is 3.28. The molecule has 1 aromatic carbocycles. The van der Waals surface area contributed by atoms with Crippen LogP contribution in [0.1, 0.15) is 12.8 Å². The van der Waals surface area contributed by atoms with Crippen molar-refractivity contribution in [1.29, 1.82) is 0 Å². The molecule has 19 heavy (non-hydrogen) atoms. The predicted octanol–water partition coefficient (Wildman–Crippen LogP) is 4.24. The highest BCUT2D eigenvalue weighted by molar-refractivity contribution is 9.10. The van der Waals surface area contributed by atoms with Gasteiger partial charge in [-0.15, -0.1) is 0 Å². The number of fused-ring (bicyclic) bond motifs is 1. The van der Waals surface area contributed by atoms with Crippen LogP contribution in [0.15, 0.2) is 28.9 Å². The van der Waals surface area contributed by atoms with Crippen LogP contribution in [0, 0.1) is 0 Å². The average molecular weight is 342 g/mol. The van der Waals surface area contributed by atoms with Gasteiger partial charge in [0.25, 0.3) is 0 Å². The maximum absolute atomic E-state index is 6.23. The molecule has 1 atom stereocenters. The molecule has 1 N–H and O–H groups in total. The molecule has 2 heterocycles. The molecule has 5 heteroatoms. The molecule has 1 fully saturated rings. The topological polar surface area (TPSA) is 34.1 Å². The van der Waals surface area contributed by atoms with E-state index >= 15 is 0 Å². The number of hydrogen-bond acceptors (Lipinski definition) is 3. The Balaban J connectivity index is 1.98. The molecule has 2 aromatic rings. The largest absolute Gasteiger partial charge is 0.379 e. The predicted molar refractivity (Wildman–Crippen MR) is 81.9 cm³/mol. The Kier molecular flexibility index (Phi) is 3.91. The van der Waals surface area contributed by atoms with Gasteiger partial charge in [0.05, 0.1) is 17.1 Å². The minimum absolute atomic E-state index is 0.358. The maximum Gasteiger partial charge on any atom is 0.0909 e. The summed E-state index contributed by atoms with van der Waals surface area (Å²) in [5.41, 5.74) is 1.88. The lowest BCUT2D eigenvalue weighted by Crippen LogP contribution is -2.30. The molecule has 0 saturated carbocycles. The summed E-state index contributed by atoms with van der Waals surface area (Å²) in [6, 6.07) is 6.25. The van der Waals surface area contributed by atoms with Gasteiger partial charge >= 0.3 is 0 Å². The molecule has 0 bridgehead atoms. The summed E-state index contributed by atoms with van der Waals surface area (Å²) in [5.74, 6) is 0. The fraction of sp³-hybridized carbons (Fsp3) is 0.357. The number of benzene rings is 1. The molecular formula is C14H14BrClN2O. The zero-order valence-electron chi connectivity index (χ0n) is 10.3. The van der Waals surface area contributed by atoms with Crippen LogP contribution in [-0.2, 0) is 4.74 Å². The van der Waals surface area contributed by atoms with Crippen molar-refractivity contribution in [1.82, 2.24) is 4.98 Å². The number of hydrogen-bond donors (Lipinski definition) is 1. The zero-order chi connectivity index (χ0) is 13.2. The molecule has 1 aliphatic heterocycles. The number of nitrogens with one attached hydrogen (secondary N) is 1. The second-order valence-electron chi connectivity index (χ2n) is 4.70. The van der Waals surface area contributed by atoms with Crippen molar-refractivity contribution in [2.45, 2.75) is 18.9 Å². The molecule has 0 amide bonds. The summed E-state index contributed by atoms with van der Waals surface area (Å²) in [5, 5.41) is 5.23. The van der Waals surface area contributed by atoms with Crippen LogP contribution in [0.25, 0.3) is 10.9 Å². The van der Waals surface area contributed by atoms with Gasteiger partial charge in [-0.25, -0.2) is 0 Å². The number of pyridine rings is 1. The smallest absolute Gasteiger partial charge is 0.0909 e. The van der Waals surface area contributed by atoms with Gasteiger partial charge in [-0.05, 0) is 31.0 Å². The summed E-state index contributed by atoms with van der Waals surface area (Å²) in [6.07, 6.45) is 4.02. The molecule has 0 radical (unpaired) electrons. The molecule has 100 valence electrons. The molecule has 1 aliphatic rings. The van der Waals surface area contributed by atoms with Gasteiger partial charge in [-0.1, -0.05) is 27.5 Å². The van der Waals surface area contributed by atoms with Crippen molar-refractivity contribution in [2.24, 2.45) is 0 Å². The number of nitrogens with zero attached hydrogens (tertiary/aromatic N) is 1. The molecule has 3 rings (SSSR count). The molecule has 0 spiro atoms. The Morgan fingerprint density at radius 1 is 1.42 bits per heavy atom. The second-order valence-corrected chi connectivity index (χ2v) is 6.02. The Hall–Kier alpha value is -0.840. The molecular weight excluding hydrogens is 328 g/mol. The van der Waals surface area contributed by atoms with Gasteiger partial charge in [0, 0.05) is 34.4 Å². The molecule has 0 aliphatic carbocycles. The van der Waals surface area contributed by atoms with Crippen molar-refractivity contribution < 1.29 is 4.74 Å². The van der Waals surface area contributed by atoms with Gasteiger partial charge in [-0.2, -0.15) is 0 Å². The monoisotopic (exact) mass is 340 g/mol. The maximum atomic E-state index is 6.23. The van der Waals surface area contributed by atoms with Crippen LogP contribution in [0.3, 0.4) is 0 Å². The van der Waals surface area contributed by atoms with Gasteiger partial charge < -0.3 is 10.1 Å². The SMILES string of the molecule is Clc1cc(Br)cc2c(NC3CCCOC3)ccnc12. The van der Waals surface area contributed by atoms with E-state index in [1.54, 1.807) is 6.20 Å². The molecule has 1 aromatic heterocycles. The van der Waals surface area contributed by atoms with Crippen LogP contribution in [0.2, 0.25) is 5.02 Å². The van der Waals surface area contributed by atoms with Crippen molar-refractivity contribution in [3.63, 3.8) is 0 Å². The summed E-state index contributed by atoms with van der Waals surface area (Å²) in [6.45, 7) is 1.62. The second kappa shape index (κ2) is 5.65. The van der Waals surface area contributed by atoms with E-state index in [1.165, 1.54) is 0 Å². The van der Waals surface area contributed by atoms with Crippen LogP contribution >= 0.6 is 27.5 Å². The average Bonchev–Trinajstić information content (AvgIpc) is 2.41. The van der Waals surface area contributed by atoms with Crippen LogP contribution in [0.4, 0.5) is 5.69 Å². The van der Waals surface area contributed by atoms with E-state index in [2.05, 4.69) is 26.2 Å². The lowest BCUT2D eigenvalue weighted by Gasteiger charge is -2.24. The normalized spacial score (nSPS) is 19.6. The standard InChI is InChI=1S/C14H14BrClN2O/c15-9-6-11-13(18-10-2-1-5-19-8-10)3-4-17-14(11)12(16)7-9/h3-4,6-7,10H,1-2,5,8H2,(H,17,18). The third kappa shape index (κ3) is 2.86. The van der Waals surface area contributed by atoms with Crippen molar-refractivity contribution >= 4 is 44.1 Å². The first-order chi connectivity index (χ1) is 9.24. The molecule has 1 unspecified atom stereocenters. The van der Waals surface area contributed by atoms with Crippen molar-refractivity contribution in [3.8, 4) is 0 Å². The Morgan fingerprint density at radius 2 is 2.32 bits per heavy atom. The van der Waals surface area contributed by atoms with Crippen LogP contribution in [0.5, 0.6) is 0 Å². The molecule has 1 saturated heterocycles. The Labute approximate surface area is 125 Å². The summed E-state index contributed by atoms with van der Waals surface area (Å²) >= 11 is 9.71. The summed E-state index contributed by atoms with van der Waals surface area (Å²) in [7, 11) is 0. The van der Waals surface area contributed by atoms with E-state index in [9.17, 15) is 0 Å². The van der Waals surface area contributed by atoms with E-state index in [0.29, 0.717) is 11.1 Å². The minimum Gasteiger partial charge on any atom is -0.379 e. The highest BCUT2D eigenvalue weighted by Gasteiger charge is 2.15. The van der Waals surface area contributed by atoms with Gasteiger partial charge in [0.2, 0.25) is 0 Å². The van der Waals surface area contributed by atoms with E-state index in [4.69, 9.17) is 16.3 Å². The first-order valence-electron chi connectivity index (χ1n) is 6.32. The fourth-order valence-corrected chi connectivity index (χ4v) is 3.24. The lowest BCUT2D eigenvalue weighted by molar-refractivity contribution is 0.0876. The van der Waals surface area contributed by atoms with Crippen molar-refractivity contribution in [3.05, 3.63) is 33.9 Å². The Bertz CT molecular complexity index is 599. The number of ether oxygens (including phenoxy) is 1. The lowest BCUT2D eigenvalue weighted by atomic mass is 10.1. The first kappa shape index (κ1) is 13.2. The summed E-state index contributed by atoms with van der Waals surface area (Å²) < 4.78 is 6.46. The number of aromatic nitrogens is 1. The van der Waals surface area contributed by atoms with Gasteiger partial charge in [0.1, 0.15) is 0 Å². The number of halogens is 2. The highest BCUT2D eigenvalue weighted by atomic mass is 79.9. The number of anilines is 1. The van der Waals surface area contributed by atoms with E-state index in [0.717, 1.165) is 47.1 Å². The Morgan fingerprint density at radius 3 is 3.11 bits per heavy atom. The highest BCUT2D eigenvalue weighted by Crippen LogP contribution is 2.31. The molecule has 3 nitrogen and oxygen atoms in total. The van der Waals surface area contributed by atoms with E-state index < -0.39 is 0 Å². The summed E-state index contributed by atoms with van der Waals surface area (Å²) in [4.78, 5) is 4.35. The fourth-order valence-electron chi connectivity index (χ4n) is 2.38. The van der Waals surface area contributed by atoms with E-state index in [-0.39, 0.29) is 0 Å². The van der Waals surface area contributed by atoms with Gasteiger partial charge in [-0.3, -0.25) is 4.98 Å².